The molecular formula is C19H16I3NO5. The fraction of sp³-hybridized carbons (Fsp3) is 0.263. The van der Waals surface area contributed by atoms with Crippen LogP contribution in [0.15, 0.2) is 30.3 Å². The van der Waals surface area contributed by atoms with Crippen LogP contribution in [-0.2, 0) is 16.0 Å². The predicted molar refractivity (Wildman–Crippen MR) is 129 cm³/mol. The molecule has 6 nitrogen and oxygen atoms in total. The van der Waals surface area contributed by atoms with Crippen LogP contribution in [0.2, 0.25) is 0 Å². The molecule has 0 spiro atoms. The van der Waals surface area contributed by atoms with Gasteiger partial charge in [0.1, 0.15) is 5.75 Å². The van der Waals surface area contributed by atoms with Gasteiger partial charge in [0.2, 0.25) is 0 Å². The number of carbonyl (C=O) groups excluding carboxylic acids is 1. The van der Waals surface area contributed by atoms with Gasteiger partial charge in [0.15, 0.2) is 5.75 Å². The Kier molecular flexibility index (Phi) is 7.78. The highest BCUT2D eigenvalue weighted by Gasteiger charge is 2.26. The van der Waals surface area contributed by atoms with E-state index < -0.39 is 5.97 Å². The standard InChI is InChI=1S/C19H16I3NO5/c20-12-10-13(21)18(28-14-4-2-1-3-11(14)9-15(24)25)17(22)16(12)19(26)23-5-7-27-8-6-23/h1-4,10H,5-9H2,(H,24,25). The van der Waals surface area contributed by atoms with Crippen molar-refractivity contribution in [3.8, 4) is 11.5 Å². The van der Waals surface area contributed by atoms with Crippen molar-refractivity contribution in [1.82, 2.24) is 4.90 Å². The van der Waals surface area contributed by atoms with Crippen molar-refractivity contribution in [1.29, 1.82) is 0 Å². The van der Waals surface area contributed by atoms with E-state index in [2.05, 4.69) is 67.8 Å². The summed E-state index contributed by atoms with van der Waals surface area (Å²) in [5, 5.41) is 9.14. The van der Waals surface area contributed by atoms with Crippen molar-refractivity contribution in [2.24, 2.45) is 0 Å². The molecule has 1 N–H and O–H groups in total. The summed E-state index contributed by atoms with van der Waals surface area (Å²) in [5.74, 6) is 0.0752. The number of para-hydroxylation sites is 1. The maximum Gasteiger partial charge on any atom is 0.307 e. The number of carboxylic acids is 1. The zero-order valence-corrected chi connectivity index (χ0v) is 21.1. The first-order chi connectivity index (χ1) is 13.4. The minimum atomic E-state index is -0.925. The fourth-order valence-corrected chi connectivity index (χ4v) is 6.86. The molecule has 1 fully saturated rings. The Bertz CT molecular complexity index is 913. The van der Waals surface area contributed by atoms with Gasteiger partial charge < -0.3 is 19.5 Å². The summed E-state index contributed by atoms with van der Waals surface area (Å²) < 4.78 is 13.9. The maximum atomic E-state index is 13.1. The molecule has 148 valence electrons. The molecule has 0 unspecified atom stereocenters. The number of hydrogen-bond donors (Lipinski definition) is 1. The van der Waals surface area contributed by atoms with Gasteiger partial charge in [0.25, 0.3) is 5.91 Å². The molecular weight excluding hydrogens is 703 g/mol. The summed E-state index contributed by atoms with van der Waals surface area (Å²) in [4.78, 5) is 26.0. The average molecular weight is 719 g/mol. The molecule has 0 bridgehead atoms. The molecule has 3 rings (SSSR count). The van der Waals surface area contributed by atoms with E-state index in [1.165, 1.54) is 0 Å². The monoisotopic (exact) mass is 719 g/mol. The average Bonchev–Trinajstić information content (AvgIpc) is 2.66. The number of benzene rings is 2. The molecule has 28 heavy (non-hydrogen) atoms. The Morgan fingerprint density at radius 1 is 1.11 bits per heavy atom. The van der Waals surface area contributed by atoms with E-state index in [1.807, 2.05) is 6.07 Å². The third-order valence-corrected chi connectivity index (χ3v) is 6.85. The zero-order chi connectivity index (χ0) is 20.3. The summed E-state index contributed by atoms with van der Waals surface area (Å²) in [6.07, 6.45) is -0.132. The van der Waals surface area contributed by atoms with Crippen molar-refractivity contribution in [2.75, 3.05) is 26.3 Å². The van der Waals surface area contributed by atoms with Crippen LogP contribution in [0, 0.1) is 10.7 Å². The van der Waals surface area contributed by atoms with Gasteiger partial charge >= 0.3 is 5.97 Å². The van der Waals surface area contributed by atoms with Crippen molar-refractivity contribution < 1.29 is 24.2 Å². The van der Waals surface area contributed by atoms with Gasteiger partial charge in [-0.1, -0.05) is 18.2 Å². The summed E-state index contributed by atoms with van der Waals surface area (Å²) in [6.45, 7) is 2.20. The SMILES string of the molecule is O=C(O)Cc1ccccc1Oc1c(I)cc(I)c(C(=O)N2CCOCC2)c1I. The Balaban J connectivity index is 1.99. The molecule has 0 aromatic heterocycles. The summed E-state index contributed by atoms with van der Waals surface area (Å²) in [7, 11) is 0. The lowest BCUT2D eigenvalue weighted by atomic mass is 10.1. The molecule has 2 aromatic rings. The Hall–Kier alpha value is -0.670. The third-order valence-electron chi connectivity index (χ3n) is 4.17. The van der Waals surface area contributed by atoms with Crippen molar-refractivity contribution in [2.45, 2.75) is 6.42 Å². The quantitative estimate of drug-likeness (QED) is 0.465. The number of carbonyl (C=O) groups is 2. The first-order valence-electron chi connectivity index (χ1n) is 8.40. The van der Waals surface area contributed by atoms with Gasteiger partial charge in [-0.25, -0.2) is 0 Å². The third kappa shape index (κ3) is 5.08. The number of halogens is 3. The lowest BCUT2D eigenvalue weighted by Gasteiger charge is -2.28. The zero-order valence-electron chi connectivity index (χ0n) is 14.6. The molecule has 1 aliphatic rings. The molecule has 0 atom stereocenters. The summed E-state index contributed by atoms with van der Waals surface area (Å²) in [5.41, 5.74) is 1.19. The number of nitrogens with zero attached hydrogens (tertiary/aromatic N) is 1. The molecule has 0 saturated carbocycles. The number of ether oxygens (including phenoxy) is 2. The Morgan fingerprint density at radius 3 is 2.46 bits per heavy atom. The van der Waals surface area contributed by atoms with Gasteiger partial charge in [0, 0.05) is 22.2 Å². The minimum Gasteiger partial charge on any atom is -0.481 e. The molecule has 0 aliphatic carbocycles. The Labute approximate surface area is 203 Å². The molecule has 2 aromatic carbocycles. The summed E-state index contributed by atoms with van der Waals surface area (Å²) >= 11 is 6.48. The molecule has 1 heterocycles. The van der Waals surface area contributed by atoms with E-state index in [0.29, 0.717) is 48.9 Å². The van der Waals surface area contributed by atoms with Crippen LogP contribution in [0.3, 0.4) is 0 Å². The smallest absolute Gasteiger partial charge is 0.307 e. The second kappa shape index (κ2) is 9.89. The highest BCUT2D eigenvalue weighted by Crippen LogP contribution is 2.38. The number of hydrogen-bond acceptors (Lipinski definition) is 4. The van der Waals surface area contributed by atoms with E-state index in [9.17, 15) is 9.59 Å². The highest BCUT2D eigenvalue weighted by molar-refractivity contribution is 14.1. The van der Waals surface area contributed by atoms with E-state index in [0.717, 1.165) is 10.7 Å². The van der Waals surface area contributed by atoms with E-state index in [4.69, 9.17) is 14.6 Å². The van der Waals surface area contributed by atoms with Crippen LogP contribution >= 0.6 is 67.8 Å². The van der Waals surface area contributed by atoms with Gasteiger partial charge in [-0.15, -0.1) is 0 Å². The second-order valence-corrected chi connectivity index (χ2v) is 9.45. The predicted octanol–water partition coefficient (Wildman–Crippen LogP) is 4.39. The maximum absolute atomic E-state index is 13.1. The second-order valence-electron chi connectivity index (χ2n) is 6.04. The molecule has 1 saturated heterocycles. The van der Waals surface area contributed by atoms with Crippen LogP contribution < -0.4 is 4.74 Å². The topological polar surface area (TPSA) is 76.1 Å². The number of amides is 1. The van der Waals surface area contributed by atoms with E-state index in [1.54, 1.807) is 29.2 Å². The van der Waals surface area contributed by atoms with Gasteiger partial charge in [0.05, 0.1) is 32.3 Å². The first-order valence-corrected chi connectivity index (χ1v) is 11.6. The largest absolute Gasteiger partial charge is 0.481 e. The van der Waals surface area contributed by atoms with Gasteiger partial charge in [-0.3, -0.25) is 9.59 Å². The van der Waals surface area contributed by atoms with E-state index >= 15 is 0 Å². The van der Waals surface area contributed by atoms with E-state index in [-0.39, 0.29) is 12.3 Å². The Morgan fingerprint density at radius 2 is 1.79 bits per heavy atom. The molecule has 1 amide bonds. The minimum absolute atomic E-state index is 0.0443. The van der Waals surface area contributed by atoms with Crippen molar-refractivity contribution in [3.05, 3.63) is 52.2 Å². The number of morpholine rings is 1. The number of rotatable bonds is 5. The lowest BCUT2D eigenvalue weighted by Crippen LogP contribution is -2.41. The van der Waals surface area contributed by atoms with Crippen LogP contribution in [0.1, 0.15) is 15.9 Å². The van der Waals surface area contributed by atoms with Gasteiger partial charge in [-0.05, 0) is 79.9 Å². The van der Waals surface area contributed by atoms with Gasteiger partial charge in [-0.2, -0.15) is 0 Å². The normalized spacial score (nSPS) is 14.0. The van der Waals surface area contributed by atoms with Crippen molar-refractivity contribution in [3.63, 3.8) is 0 Å². The van der Waals surface area contributed by atoms with Crippen LogP contribution in [0.25, 0.3) is 0 Å². The fourth-order valence-electron chi connectivity index (χ4n) is 2.81. The molecule has 9 heteroatoms. The van der Waals surface area contributed by atoms with Crippen LogP contribution in [0.4, 0.5) is 0 Å². The van der Waals surface area contributed by atoms with Crippen LogP contribution in [-0.4, -0.2) is 48.2 Å². The molecule has 1 aliphatic heterocycles. The summed E-state index contributed by atoms with van der Waals surface area (Å²) in [6, 6.07) is 8.96. The number of aliphatic carboxylic acids is 1. The molecule has 0 radical (unpaired) electrons. The lowest BCUT2D eigenvalue weighted by molar-refractivity contribution is -0.136. The first kappa shape index (κ1) is 22.0. The highest BCUT2D eigenvalue weighted by atomic mass is 127. The van der Waals surface area contributed by atoms with Crippen molar-refractivity contribution >= 4 is 79.6 Å². The van der Waals surface area contributed by atoms with Crippen LogP contribution in [0.5, 0.6) is 11.5 Å². The number of carboxylic acid groups (broad SMARTS) is 1.